The van der Waals surface area contributed by atoms with Gasteiger partial charge in [0, 0.05) is 32.4 Å². The van der Waals surface area contributed by atoms with Crippen LogP contribution in [0, 0.1) is 0 Å². The molecule has 8 heteroatoms. The van der Waals surface area contributed by atoms with E-state index < -0.39 is 10.0 Å². The van der Waals surface area contributed by atoms with Crippen LogP contribution in [0.2, 0.25) is 0 Å². The number of hydrogen-bond acceptors (Lipinski definition) is 4. The molecule has 1 heterocycles. The molecule has 0 aliphatic carbocycles. The zero-order valence-electron chi connectivity index (χ0n) is 11.7. The molecule has 3 N–H and O–H groups in total. The lowest BCUT2D eigenvalue weighted by Gasteiger charge is -2.16. The number of nitrogens with zero attached hydrogens (tertiary/aromatic N) is 1. The third kappa shape index (κ3) is 3.81. The molecule has 1 amide bonds. The minimum absolute atomic E-state index is 0.00735. The Labute approximate surface area is 119 Å². The number of aliphatic hydroxyl groups is 1. The summed E-state index contributed by atoms with van der Waals surface area (Å²) >= 11 is 0. The predicted molar refractivity (Wildman–Crippen MR) is 74.9 cm³/mol. The molecule has 0 saturated heterocycles. The molecule has 0 radical (unpaired) electrons. The number of aromatic amines is 1. The van der Waals surface area contributed by atoms with Gasteiger partial charge in [-0.05, 0) is 12.5 Å². The van der Waals surface area contributed by atoms with Crippen LogP contribution in [0.15, 0.2) is 17.2 Å². The normalized spacial score (nSPS) is 11.8. The molecule has 1 rings (SSSR count). The highest BCUT2D eigenvalue weighted by atomic mass is 32.2. The molecule has 20 heavy (non-hydrogen) atoms. The first-order valence-electron chi connectivity index (χ1n) is 6.55. The second-order valence-corrected chi connectivity index (χ2v) is 6.11. The molecule has 0 spiro atoms. The molecule has 0 aliphatic rings. The van der Waals surface area contributed by atoms with Gasteiger partial charge in [-0.3, -0.25) is 4.79 Å². The van der Waals surface area contributed by atoms with Crippen molar-refractivity contribution in [1.29, 1.82) is 0 Å². The van der Waals surface area contributed by atoms with E-state index in [4.69, 9.17) is 5.11 Å². The summed E-state index contributed by atoms with van der Waals surface area (Å²) in [6.07, 6.45) is 1.77. The lowest BCUT2D eigenvalue weighted by Crippen LogP contribution is -2.30. The highest BCUT2D eigenvalue weighted by molar-refractivity contribution is 7.89. The van der Waals surface area contributed by atoms with E-state index in [1.807, 2.05) is 0 Å². The Bertz CT molecular complexity index is 535. The Morgan fingerprint density at radius 3 is 2.60 bits per heavy atom. The van der Waals surface area contributed by atoms with Crippen molar-refractivity contribution in [2.45, 2.75) is 25.2 Å². The smallest absolute Gasteiger partial charge is 0.267 e. The van der Waals surface area contributed by atoms with E-state index in [1.165, 1.54) is 16.6 Å². The number of nitrogens with one attached hydrogen (secondary N) is 2. The lowest BCUT2D eigenvalue weighted by atomic mass is 10.4. The monoisotopic (exact) mass is 303 g/mol. The van der Waals surface area contributed by atoms with Gasteiger partial charge in [-0.1, -0.05) is 13.8 Å². The fraction of sp³-hybridized carbons (Fsp3) is 0.583. The van der Waals surface area contributed by atoms with Crippen LogP contribution in [-0.4, -0.2) is 55.0 Å². The molecule has 7 nitrogen and oxygen atoms in total. The van der Waals surface area contributed by atoms with Crippen LogP contribution in [0.25, 0.3) is 0 Å². The fourth-order valence-electron chi connectivity index (χ4n) is 1.74. The highest BCUT2D eigenvalue weighted by Gasteiger charge is 2.23. The largest absolute Gasteiger partial charge is 0.396 e. The second kappa shape index (κ2) is 7.41. The molecule has 0 fully saturated rings. The molecule has 0 saturated carbocycles. The van der Waals surface area contributed by atoms with Crippen molar-refractivity contribution < 1.29 is 18.3 Å². The Morgan fingerprint density at radius 2 is 2.05 bits per heavy atom. The van der Waals surface area contributed by atoms with E-state index in [0.29, 0.717) is 26.1 Å². The van der Waals surface area contributed by atoms with Crippen molar-refractivity contribution in [1.82, 2.24) is 14.6 Å². The third-order valence-electron chi connectivity index (χ3n) is 2.86. The quantitative estimate of drug-likeness (QED) is 0.595. The van der Waals surface area contributed by atoms with Gasteiger partial charge in [0.05, 0.1) is 0 Å². The van der Waals surface area contributed by atoms with Crippen LogP contribution < -0.4 is 5.32 Å². The zero-order valence-corrected chi connectivity index (χ0v) is 12.5. The van der Waals surface area contributed by atoms with Crippen molar-refractivity contribution >= 4 is 15.9 Å². The van der Waals surface area contributed by atoms with Crippen molar-refractivity contribution in [2.24, 2.45) is 0 Å². The van der Waals surface area contributed by atoms with Crippen LogP contribution in [0.1, 0.15) is 30.8 Å². The van der Waals surface area contributed by atoms with Gasteiger partial charge in [-0.15, -0.1) is 0 Å². The molecule has 114 valence electrons. The topological polar surface area (TPSA) is 103 Å². The number of amides is 1. The van der Waals surface area contributed by atoms with E-state index in [1.54, 1.807) is 13.8 Å². The number of sulfonamides is 1. The zero-order chi connectivity index (χ0) is 15.2. The number of rotatable bonds is 8. The van der Waals surface area contributed by atoms with Crippen LogP contribution >= 0.6 is 0 Å². The second-order valence-electron chi connectivity index (χ2n) is 4.17. The van der Waals surface area contributed by atoms with E-state index >= 15 is 0 Å². The van der Waals surface area contributed by atoms with Crippen LogP contribution in [0.5, 0.6) is 0 Å². The van der Waals surface area contributed by atoms with Gasteiger partial charge in [-0.2, -0.15) is 4.31 Å². The van der Waals surface area contributed by atoms with Crippen LogP contribution in [-0.2, 0) is 10.0 Å². The third-order valence-corrected chi connectivity index (χ3v) is 4.89. The van der Waals surface area contributed by atoms with Gasteiger partial charge in [0.25, 0.3) is 5.91 Å². The molecule has 1 aromatic rings. The number of hydrogen-bond donors (Lipinski definition) is 3. The standard InChI is InChI=1S/C12H21N3O4S/c1-3-15(4-2)20(18,19)10-8-11(14-9-10)12(17)13-6-5-7-16/h8-9,14,16H,3-7H2,1-2H3,(H,13,17). The number of carbonyl (C=O) groups is 1. The molecule has 0 bridgehead atoms. The first-order chi connectivity index (χ1) is 9.47. The summed E-state index contributed by atoms with van der Waals surface area (Å²) in [6, 6.07) is 1.32. The summed E-state index contributed by atoms with van der Waals surface area (Å²) in [7, 11) is -3.56. The average molecular weight is 303 g/mol. The maximum absolute atomic E-state index is 12.2. The number of H-pyrrole nitrogens is 1. The summed E-state index contributed by atoms with van der Waals surface area (Å²) in [6.45, 7) is 4.61. The van der Waals surface area contributed by atoms with E-state index in [2.05, 4.69) is 10.3 Å². The Morgan fingerprint density at radius 1 is 1.40 bits per heavy atom. The van der Waals surface area contributed by atoms with Crippen LogP contribution in [0.3, 0.4) is 0 Å². The van der Waals surface area contributed by atoms with E-state index in [9.17, 15) is 13.2 Å². The van der Waals surface area contributed by atoms with Crippen molar-refractivity contribution in [3.8, 4) is 0 Å². The van der Waals surface area contributed by atoms with Crippen molar-refractivity contribution in [3.63, 3.8) is 0 Å². The summed E-state index contributed by atoms with van der Waals surface area (Å²) in [5.74, 6) is -0.389. The predicted octanol–water partition coefficient (Wildman–Crippen LogP) is 0.157. The summed E-state index contributed by atoms with van der Waals surface area (Å²) in [5.41, 5.74) is 0.189. The van der Waals surface area contributed by atoms with Gasteiger partial charge in [0.1, 0.15) is 10.6 Å². The Hall–Kier alpha value is -1.38. The van der Waals surface area contributed by atoms with Gasteiger partial charge >= 0.3 is 0 Å². The van der Waals surface area contributed by atoms with E-state index in [-0.39, 0.29) is 23.1 Å². The first-order valence-corrected chi connectivity index (χ1v) is 7.99. The number of carbonyl (C=O) groups excluding carboxylic acids is 1. The highest BCUT2D eigenvalue weighted by Crippen LogP contribution is 2.16. The molecule has 0 aromatic carbocycles. The molecular formula is C12H21N3O4S. The van der Waals surface area contributed by atoms with Gasteiger partial charge < -0.3 is 15.4 Å². The molecule has 1 aromatic heterocycles. The summed E-state index contributed by atoms with van der Waals surface area (Å²) < 4.78 is 25.8. The van der Waals surface area contributed by atoms with Crippen molar-refractivity contribution in [3.05, 3.63) is 18.0 Å². The van der Waals surface area contributed by atoms with Gasteiger partial charge in [0.2, 0.25) is 10.0 Å². The van der Waals surface area contributed by atoms with Crippen LogP contribution in [0.4, 0.5) is 0 Å². The fourth-order valence-corrected chi connectivity index (χ4v) is 3.20. The lowest BCUT2D eigenvalue weighted by molar-refractivity contribution is 0.0946. The van der Waals surface area contributed by atoms with Gasteiger partial charge in [0.15, 0.2) is 0 Å². The Kier molecular flexibility index (Phi) is 6.18. The average Bonchev–Trinajstić information content (AvgIpc) is 2.90. The van der Waals surface area contributed by atoms with Gasteiger partial charge in [-0.25, -0.2) is 8.42 Å². The first kappa shape index (κ1) is 16.7. The molecule has 0 atom stereocenters. The molecular weight excluding hydrogens is 282 g/mol. The minimum Gasteiger partial charge on any atom is -0.396 e. The maximum atomic E-state index is 12.2. The number of aliphatic hydroxyl groups excluding tert-OH is 1. The minimum atomic E-state index is -3.56. The SMILES string of the molecule is CCN(CC)S(=O)(=O)c1c[nH]c(C(=O)NCCCO)c1. The molecule has 0 unspecified atom stereocenters. The van der Waals surface area contributed by atoms with E-state index in [0.717, 1.165) is 0 Å². The summed E-state index contributed by atoms with van der Waals surface area (Å²) in [4.78, 5) is 14.5. The maximum Gasteiger partial charge on any atom is 0.267 e. The van der Waals surface area contributed by atoms with Crippen molar-refractivity contribution in [2.75, 3.05) is 26.2 Å². The Balaban J connectivity index is 2.84. The number of aromatic nitrogens is 1. The summed E-state index contributed by atoms with van der Waals surface area (Å²) in [5, 5.41) is 11.2. The molecule has 0 aliphatic heterocycles.